The molecule has 150 valence electrons. The summed E-state index contributed by atoms with van der Waals surface area (Å²) < 4.78 is 4.74. The summed E-state index contributed by atoms with van der Waals surface area (Å²) in [6.07, 6.45) is 5.76. The molecule has 3 aliphatic rings. The lowest BCUT2D eigenvalue weighted by Crippen LogP contribution is -2.47. The number of methoxy groups -OCH3 is 1. The van der Waals surface area contributed by atoms with Crippen LogP contribution in [0.3, 0.4) is 0 Å². The third kappa shape index (κ3) is 3.17. The molecule has 0 saturated heterocycles. The lowest BCUT2D eigenvalue weighted by Gasteiger charge is -2.38. The van der Waals surface area contributed by atoms with Crippen molar-refractivity contribution in [3.8, 4) is 0 Å². The molecule has 0 radical (unpaired) electrons. The van der Waals surface area contributed by atoms with Gasteiger partial charge in [0.1, 0.15) is 0 Å². The Morgan fingerprint density at radius 1 is 1.28 bits per heavy atom. The number of amides is 3. The van der Waals surface area contributed by atoms with E-state index in [-0.39, 0.29) is 17.7 Å². The van der Waals surface area contributed by atoms with Crippen LogP contribution in [-0.2, 0) is 20.7 Å². The van der Waals surface area contributed by atoms with Crippen LogP contribution >= 0.6 is 0 Å². The molecule has 1 aromatic carbocycles. The fraction of sp³-hybridized carbons (Fsp3) is 0.318. The molecule has 7 heteroatoms. The molecule has 0 aromatic heterocycles. The zero-order valence-corrected chi connectivity index (χ0v) is 16.7. The number of fused-ring (bicyclic) bond motifs is 2. The molecule has 29 heavy (non-hydrogen) atoms. The Hall–Kier alpha value is -3.19. The number of benzene rings is 1. The average molecular weight is 393 g/mol. The van der Waals surface area contributed by atoms with Gasteiger partial charge in [0, 0.05) is 30.1 Å². The number of nitrogens with one attached hydrogen (secondary N) is 1. The number of imide groups is 1. The largest absolute Gasteiger partial charge is 0.453 e. The predicted octanol–water partition coefficient (Wildman–Crippen LogP) is 2.22. The molecule has 0 unspecified atom stereocenters. The topological polar surface area (TPSA) is 79.0 Å². The van der Waals surface area contributed by atoms with Gasteiger partial charge in [-0.2, -0.15) is 0 Å². The number of hydrogen-bond donors (Lipinski definition) is 1. The molecule has 0 fully saturated rings. The highest BCUT2D eigenvalue weighted by Crippen LogP contribution is 2.47. The highest BCUT2D eigenvalue weighted by molar-refractivity contribution is 6.33. The third-order valence-corrected chi connectivity index (χ3v) is 5.50. The van der Waals surface area contributed by atoms with Gasteiger partial charge in [0.05, 0.1) is 18.4 Å². The first-order valence-corrected chi connectivity index (χ1v) is 9.53. The summed E-state index contributed by atoms with van der Waals surface area (Å²) in [7, 11) is 5.09. The van der Waals surface area contributed by atoms with Gasteiger partial charge in [-0.25, -0.2) is 4.79 Å². The van der Waals surface area contributed by atoms with E-state index < -0.39 is 6.09 Å². The maximum absolute atomic E-state index is 13.5. The fourth-order valence-electron chi connectivity index (χ4n) is 4.15. The number of nitrogens with zero attached hydrogens (tertiary/aromatic N) is 2. The number of carbonyl (C=O) groups excluding carboxylic acids is 3. The number of allylic oxidation sites excluding steroid dienone is 3. The molecule has 1 heterocycles. The van der Waals surface area contributed by atoms with Crippen molar-refractivity contribution < 1.29 is 19.1 Å². The minimum absolute atomic E-state index is 0.0326. The van der Waals surface area contributed by atoms with E-state index in [0.29, 0.717) is 41.9 Å². The predicted molar refractivity (Wildman–Crippen MR) is 109 cm³/mol. The molecular formula is C22H23N3O4. The van der Waals surface area contributed by atoms with Gasteiger partial charge < -0.3 is 9.64 Å². The molecule has 3 amide bonds. The van der Waals surface area contributed by atoms with E-state index in [4.69, 9.17) is 4.74 Å². The second-order valence-corrected chi connectivity index (χ2v) is 7.59. The van der Waals surface area contributed by atoms with Gasteiger partial charge in [0.25, 0.3) is 11.8 Å². The Kier molecular flexibility index (Phi) is 4.84. The number of rotatable bonds is 4. The van der Waals surface area contributed by atoms with Gasteiger partial charge in [-0.1, -0.05) is 24.3 Å². The highest BCUT2D eigenvalue weighted by Gasteiger charge is 2.43. The van der Waals surface area contributed by atoms with Gasteiger partial charge in [0.2, 0.25) is 0 Å². The normalized spacial score (nSPS) is 19.8. The van der Waals surface area contributed by atoms with Crippen LogP contribution in [0.15, 0.2) is 47.6 Å². The average Bonchev–Trinajstić information content (AvgIpc) is 2.70. The summed E-state index contributed by atoms with van der Waals surface area (Å²) >= 11 is 0. The highest BCUT2D eigenvalue weighted by atomic mass is 16.5. The molecule has 0 saturated carbocycles. The summed E-state index contributed by atoms with van der Waals surface area (Å²) in [5.41, 5.74) is 3.97. The smallest absolute Gasteiger partial charge is 0.411 e. The van der Waals surface area contributed by atoms with Crippen LogP contribution in [0.4, 0.5) is 10.5 Å². The number of ether oxygens (including phenoxy) is 1. The third-order valence-electron chi connectivity index (χ3n) is 5.50. The number of carbonyl (C=O) groups is 3. The van der Waals surface area contributed by atoms with Crippen LogP contribution in [0.5, 0.6) is 0 Å². The molecule has 0 bridgehead atoms. The standard InChI is InChI=1S/C22H23N3O4/c1-24(2)10-11-25-20(26)15-8-4-6-13-12-14-7-5-9-16(23-22(28)29-3)18(14)19(17(13)15)21(25)27/h4-9,13H,10-12H2,1-3H3,(H,23,28)/t13-/m0/s1. The van der Waals surface area contributed by atoms with Crippen molar-refractivity contribution in [3.05, 3.63) is 58.7 Å². The van der Waals surface area contributed by atoms with Crippen molar-refractivity contribution in [2.24, 2.45) is 5.92 Å². The van der Waals surface area contributed by atoms with Gasteiger partial charge >= 0.3 is 6.09 Å². The van der Waals surface area contributed by atoms with Gasteiger partial charge in [-0.3, -0.25) is 19.8 Å². The number of anilines is 1. The fourth-order valence-corrected chi connectivity index (χ4v) is 4.15. The first kappa shape index (κ1) is 19.1. The van der Waals surface area contributed by atoms with Crippen LogP contribution in [0.1, 0.15) is 11.1 Å². The number of likely N-dealkylation sites (N-methyl/N-ethyl adjacent to an activating group) is 1. The van der Waals surface area contributed by atoms with Crippen molar-refractivity contribution in [3.63, 3.8) is 0 Å². The van der Waals surface area contributed by atoms with E-state index in [1.54, 1.807) is 12.1 Å². The second-order valence-electron chi connectivity index (χ2n) is 7.59. The van der Waals surface area contributed by atoms with Crippen LogP contribution in [0.25, 0.3) is 5.57 Å². The summed E-state index contributed by atoms with van der Waals surface area (Å²) in [4.78, 5) is 41.7. The van der Waals surface area contributed by atoms with Crippen LogP contribution in [0, 0.1) is 5.92 Å². The Morgan fingerprint density at radius 2 is 2.07 bits per heavy atom. The zero-order valence-electron chi connectivity index (χ0n) is 16.7. The van der Waals surface area contributed by atoms with E-state index in [1.807, 2.05) is 43.3 Å². The Balaban J connectivity index is 1.88. The van der Waals surface area contributed by atoms with Crippen molar-refractivity contribution in [2.45, 2.75) is 6.42 Å². The van der Waals surface area contributed by atoms with Crippen molar-refractivity contribution in [2.75, 3.05) is 39.6 Å². The first-order valence-electron chi connectivity index (χ1n) is 9.53. The van der Waals surface area contributed by atoms with Gasteiger partial charge in [0.15, 0.2) is 0 Å². The molecule has 0 spiro atoms. The summed E-state index contributed by atoms with van der Waals surface area (Å²) in [6, 6.07) is 5.56. The van der Waals surface area contributed by atoms with E-state index in [0.717, 1.165) is 11.1 Å². The molecular weight excluding hydrogens is 370 g/mol. The maximum atomic E-state index is 13.5. The lowest BCUT2D eigenvalue weighted by atomic mass is 9.71. The second kappa shape index (κ2) is 7.33. The van der Waals surface area contributed by atoms with Gasteiger partial charge in [-0.05, 0) is 43.8 Å². The molecule has 1 aromatic rings. The van der Waals surface area contributed by atoms with Crippen LogP contribution < -0.4 is 5.32 Å². The van der Waals surface area contributed by atoms with E-state index in [1.165, 1.54) is 12.0 Å². The molecule has 1 N–H and O–H groups in total. The molecule has 4 rings (SSSR count). The minimum atomic E-state index is -0.603. The molecule has 1 aliphatic heterocycles. The van der Waals surface area contributed by atoms with Gasteiger partial charge in [-0.15, -0.1) is 0 Å². The van der Waals surface area contributed by atoms with Crippen molar-refractivity contribution >= 4 is 29.2 Å². The Morgan fingerprint density at radius 3 is 2.79 bits per heavy atom. The Bertz CT molecular complexity index is 1000. The SMILES string of the molecule is COC(=O)Nc1cccc2c1C1=C3C(=CC=C[C@H]3C2)C(=O)N(CCN(C)C)C1=O. The Labute approximate surface area is 169 Å². The van der Waals surface area contributed by atoms with E-state index in [2.05, 4.69) is 5.32 Å². The summed E-state index contributed by atoms with van der Waals surface area (Å²) in [5, 5.41) is 2.72. The molecule has 2 aliphatic carbocycles. The summed E-state index contributed by atoms with van der Waals surface area (Å²) in [6.45, 7) is 0.872. The van der Waals surface area contributed by atoms with E-state index >= 15 is 0 Å². The van der Waals surface area contributed by atoms with Crippen molar-refractivity contribution in [1.29, 1.82) is 0 Å². The van der Waals surface area contributed by atoms with E-state index in [9.17, 15) is 14.4 Å². The van der Waals surface area contributed by atoms with Crippen LogP contribution in [0.2, 0.25) is 0 Å². The lowest BCUT2D eigenvalue weighted by molar-refractivity contribution is -0.139. The zero-order chi connectivity index (χ0) is 20.7. The first-order chi connectivity index (χ1) is 13.9. The monoisotopic (exact) mass is 393 g/mol. The minimum Gasteiger partial charge on any atom is -0.453 e. The maximum Gasteiger partial charge on any atom is 0.411 e. The van der Waals surface area contributed by atoms with Crippen LogP contribution in [-0.4, -0.2) is 62.0 Å². The quantitative estimate of drug-likeness (QED) is 0.794. The molecule has 7 nitrogen and oxygen atoms in total. The number of hydrogen-bond acceptors (Lipinski definition) is 5. The summed E-state index contributed by atoms with van der Waals surface area (Å²) in [5.74, 6) is -0.606. The molecule has 1 atom stereocenters. The van der Waals surface area contributed by atoms with Crippen molar-refractivity contribution in [1.82, 2.24) is 9.80 Å².